The van der Waals surface area contributed by atoms with Gasteiger partial charge in [-0.25, -0.2) is 9.59 Å². The van der Waals surface area contributed by atoms with Gasteiger partial charge in [0.25, 0.3) is 23.6 Å². The summed E-state index contributed by atoms with van der Waals surface area (Å²) in [6.07, 6.45) is -0.147. The van der Waals surface area contributed by atoms with Crippen molar-refractivity contribution in [2.24, 2.45) is 0 Å². The maximum absolute atomic E-state index is 12.6. The Morgan fingerprint density at radius 3 is 1.21 bits per heavy atom. The normalized spacial score (nSPS) is 15.3. The van der Waals surface area contributed by atoms with Crippen LogP contribution >= 0.6 is 0 Å². The molecule has 3 aromatic carbocycles. The second kappa shape index (κ2) is 11.3. The number of methoxy groups -OCH3 is 1. The van der Waals surface area contributed by atoms with Gasteiger partial charge in [-0.1, -0.05) is 36.4 Å². The Balaban J connectivity index is 1.44. The van der Waals surface area contributed by atoms with Gasteiger partial charge in [0.1, 0.15) is 11.4 Å². The number of hydroxylamine groups is 4. The summed E-state index contributed by atoms with van der Waals surface area (Å²) in [7, 11) is 1.50. The van der Waals surface area contributed by atoms with Crippen molar-refractivity contribution in [1.29, 1.82) is 0 Å². The zero-order chi connectivity index (χ0) is 30.0. The van der Waals surface area contributed by atoms with Crippen LogP contribution in [0.4, 0.5) is 0 Å². The monoisotopic (exact) mass is 572 g/mol. The molecule has 5 rings (SSSR count). The molecule has 0 aromatic heterocycles. The molecule has 2 saturated heterocycles. The largest absolute Gasteiger partial charge is 0.497 e. The van der Waals surface area contributed by atoms with Gasteiger partial charge < -0.3 is 19.5 Å². The van der Waals surface area contributed by atoms with Crippen molar-refractivity contribution in [3.63, 3.8) is 0 Å². The van der Waals surface area contributed by atoms with E-state index >= 15 is 0 Å². The lowest BCUT2D eigenvalue weighted by Crippen LogP contribution is -2.32. The quantitative estimate of drug-likeness (QED) is 0.314. The predicted octanol–water partition coefficient (Wildman–Crippen LogP) is 2.42. The highest BCUT2D eigenvalue weighted by Gasteiger charge is 2.37. The van der Waals surface area contributed by atoms with Crippen LogP contribution in [0, 0.1) is 0 Å². The molecule has 12 heteroatoms. The molecular weight excluding hydrogens is 548 g/mol. The van der Waals surface area contributed by atoms with Crippen LogP contribution in [0.25, 0.3) is 0 Å². The fraction of sp³-hybridized carbons (Fsp3) is 0.200. The highest BCUT2D eigenvalue weighted by atomic mass is 16.7. The van der Waals surface area contributed by atoms with Crippen LogP contribution in [0.5, 0.6) is 5.75 Å². The van der Waals surface area contributed by atoms with E-state index in [-0.39, 0.29) is 36.8 Å². The molecular formula is C30H24N2O10. The first kappa shape index (κ1) is 28.2. The van der Waals surface area contributed by atoms with E-state index in [0.717, 1.165) is 0 Å². The molecule has 12 nitrogen and oxygen atoms in total. The van der Waals surface area contributed by atoms with Crippen LogP contribution in [0.3, 0.4) is 0 Å². The number of hydrogen-bond acceptors (Lipinski definition) is 10. The molecule has 0 atom stereocenters. The summed E-state index contributed by atoms with van der Waals surface area (Å²) < 4.78 is 5.23. The van der Waals surface area contributed by atoms with Crippen molar-refractivity contribution in [2.45, 2.75) is 31.3 Å². The first-order valence-electron chi connectivity index (χ1n) is 12.9. The molecule has 3 aromatic rings. The Morgan fingerprint density at radius 1 is 0.595 bits per heavy atom. The lowest BCUT2D eigenvalue weighted by molar-refractivity contribution is -0.173. The fourth-order valence-electron chi connectivity index (χ4n) is 4.61. The molecule has 42 heavy (non-hydrogen) atoms. The third-order valence-electron chi connectivity index (χ3n) is 6.94. The van der Waals surface area contributed by atoms with Gasteiger partial charge in [0.15, 0.2) is 0 Å². The van der Waals surface area contributed by atoms with Crippen LogP contribution < -0.4 is 4.74 Å². The molecule has 0 saturated carbocycles. The summed E-state index contributed by atoms with van der Waals surface area (Å²) in [5.74, 6) is -3.72. The number of rotatable bonds is 8. The molecule has 0 unspecified atom stereocenters. The molecule has 2 heterocycles. The Hall–Kier alpha value is -5.36. The van der Waals surface area contributed by atoms with Gasteiger partial charge in [0.05, 0.1) is 18.2 Å². The zero-order valence-electron chi connectivity index (χ0n) is 22.3. The molecule has 0 spiro atoms. The number of imide groups is 2. The Bertz CT molecular complexity index is 1450. The lowest BCUT2D eigenvalue weighted by atomic mass is 9.80. The second-order valence-electron chi connectivity index (χ2n) is 9.51. The van der Waals surface area contributed by atoms with Gasteiger partial charge in [0.2, 0.25) is 0 Å². The summed E-state index contributed by atoms with van der Waals surface area (Å²) >= 11 is 0. The van der Waals surface area contributed by atoms with Crippen molar-refractivity contribution in [2.75, 3.05) is 7.11 Å². The second-order valence-corrected chi connectivity index (χ2v) is 9.51. The molecule has 2 fully saturated rings. The van der Waals surface area contributed by atoms with Gasteiger partial charge in [-0.05, 0) is 53.1 Å². The van der Waals surface area contributed by atoms with Gasteiger partial charge in [-0.3, -0.25) is 19.2 Å². The van der Waals surface area contributed by atoms with Crippen LogP contribution in [-0.4, -0.2) is 57.9 Å². The smallest absolute Gasteiger partial charge is 0.363 e. The first-order valence-corrected chi connectivity index (χ1v) is 12.9. The molecule has 2 aliphatic rings. The summed E-state index contributed by atoms with van der Waals surface area (Å²) in [5, 5.41) is 13.1. The van der Waals surface area contributed by atoms with Crippen LogP contribution in [0.15, 0.2) is 72.8 Å². The minimum Gasteiger partial charge on any atom is -0.497 e. The molecule has 4 amide bonds. The molecule has 0 radical (unpaired) electrons. The minimum atomic E-state index is -1.79. The number of benzene rings is 3. The molecule has 0 aliphatic carbocycles. The van der Waals surface area contributed by atoms with Crippen LogP contribution in [0.1, 0.15) is 63.1 Å². The molecule has 1 N–H and O–H groups in total. The molecule has 2 aliphatic heterocycles. The van der Waals surface area contributed by atoms with Crippen LogP contribution in [-0.2, 0) is 34.5 Å². The standard InChI is InChI=1S/C30H24N2O10/c1-40-23-12-10-22(11-13-23)30(39,20-6-2-18(3-7-20)28(37)41-31-24(33)14-15-25(31)34)21-8-4-19(5-9-21)29(38)42-32-26(35)16-17-27(32)36/h2-13,39H,14-17H2,1H3. The third-order valence-corrected chi connectivity index (χ3v) is 6.94. The fourth-order valence-corrected chi connectivity index (χ4v) is 4.61. The number of carbonyl (C=O) groups excluding carboxylic acids is 6. The van der Waals surface area contributed by atoms with Crippen molar-refractivity contribution >= 4 is 35.6 Å². The van der Waals surface area contributed by atoms with Gasteiger partial charge in [0, 0.05) is 25.7 Å². The van der Waals surface area contributed by atoms with Crippen molar-refractivity contribution in [1.82, 2.24) is 10.1 Å². The number of ether oxygens (including phenoxy) is 1. The Morgan fingerprint density at radius 2 is 0.905 bits per heavy atom. The first-order chi connectivity index (χ1) is 20.1. The topological polar surface area (TPSA) is 157 Å². The van der Waals surface area contributed by atoms with Crippen molar-refractivity contribution in [3.05, 3.63) is 101 Å². The highest BCUT2D eigenvalue weighted by molar-refractivity contribution is 6.03. The Labute approximate surface area is 238 Å². The average molecular weight is 573 g/mol. The molecule has 214 valence electrons. The summed E-state index contributed by atoms with van der Waals surface area (Å²) in [6, 6.07) is 18.1. The van der Waals surface area contributed by atoms with Crippen molar-refractivity contribution in [3.8, 4) is 5.75 Å². The summed E-state index contributed by atoms with van der Waals surface area (Å²) in [4.78, 5) is 82.3. The summed E-state index contributed by atoms with van der Waals surface area (Å²) in [5.41, 5.74) is -0.628. The van der Waals surface area contributed by atoms with E-state index < -0.39 is 41.2 Å². The van der Waals surface area contributed by atoms with Crippen LogP contribution in [0.2, 0.25) is 0 Å². The third kappa shape index (κ3) is 5.22. The number of carbonyl (C=O) groups is 6. The SMILES string of the molecule is COc1ccc(C(O)(c2ccc(C(=O)ON3C(=O)CCC3=O)cc2)c2ccc(C(=O)ON3C(=O)CCC3=O)cc2)cc1. The number of hydrogen-bond donors (Lipinski definition) is 1. The van der Waals surface area contributed by atoms with E-state index in [9.17, 15) is 33.9 Å². The van der Waals surface area contributed by atoms with E-state index in [1.54, 1.807) is 24.3 Å². The van der Waals surface area contributed by atoms with E-state index in [4.69, 9.17) is 14.4 Å². The highest BCUT2D eigenvalue weighted by Crippen LogP contribution is 2.38. The molecule has 0 bridgehead atoms. The lowest BCUT2D eigenvalue weighted by Gasteiger charge is -2.30. The van der Waals surface area contributed by atoms with Gasteiger partial charge in [-0.2, -0.15) is 0 Å². The predicted molar refractivity (Wildman–Crippen MR) is 141 cm³/mol. The van der Waals surface area contributed by atoms with E-state index in [2.05, 4.69) is 0 Å². The number of aliphatic hydroxyl groups is 1. The maximum Gasteiger partial charge on any atom is 0.363 e. The Kier molecular flexibility index (Phi) is 7.55. The van der Waals surface area contributed by atoms with Gasteiger partial charge in [-0.15, -0.1) is 10.1 Å². The summed E-state index contributed by atoms with van der Waals surface area (Å²) in [6.45, 7) is 0. The van der Waals surface area contributed by atoms with E-state index in [1.165, 1.54) is 55.6 Å². The van der Waals surface area contributed by atoms with Crippen molar-refractivity contribution < 1.29 is 48.3 Å². The van der Waals surface area contributed by atoms with E-state index in [1.807, 2.05) is 0 Å². The van der Waals surface area contributed by atoms with Gasteiger partial charge >= 0.3 is 11.9 Å². The number of amides is 4. The maximum atomic E-state index is 12.6. The minimum absolute atomic E-state index is 0.0347. The number of nitrogens with zero attached hydrogens (tertiary/aromatic N) is 2. The van der Waals surface area contributed by atoms with E-state index in [0.29, 0.717) is 32.6 Å². The zero-order valence-corrected chi connectivity index (χ0v) is 22.3. The average Bonchev–Trinajstić information content (AvgIpc) is 3.51.